The van der Waals surface area contributed by atoms with E-state index in [4.69, 9.17) is 34.8 Å². The minimum Gasteiger partial charge on any atom is -0.380 e. The first-order valence-corrected chi connectivity index (χ1v) is 6.77. The van der Waals surface area contributed by atoms with E-state index in [0.717, 1.165) is 6.42 Å². The molecule has 6 nitrogen and oxygen atoms in total. The van der Waals surface area contributed by atoms with Crippen LogP contribution in [-0.2, 0) is 0 Å². The fourth-order valence-electron chi connectivity index (χ4n) is 1.68. The first kappa shape index (κ1) is 14.6. The first-order chi connectivity index (χ1) is 9.58. The molecule has 2 rings (SSSR count). The summed E-state index contributed by atoms with van der Waals surface area (Å²) in [7, 11) is 0. The van der Waals surface area contributed by atoms with Crippen molar-refractivity contribution in [2.75, 3.05) is 11.9 Å². The Balaban J connectivity index is 2.71. The van der Waals surface area contributed by atoms with Crippen LogP contribution in [0.25, 0.3) is 11.0 Å². The molecular weight excluding hydrogens is 299 g/mol. The fourth-order valence-corrected chi connectivity index (χ4v) is 2.07. The van der Waals surface area contributed by atoms with Crippen LogP contribution in [0.2, 0.25) is 10.0 Å². The summed E-state index contributed by atoms with van der Waals surface area (Å²) in [4.78, 5) is 8.82. The maximum Gasteiger partial charge on any atom is 0.172 e. The van der Waals surface area contributed by atoms with Crippen molar-refractivity contribution in [2.45, 2.75) is 13.3 Å². The molecule has 0 spiro atoms. The maximum atomic E-state index is 6.13. The van der Waals surface area contributed by atoms with Gasteiger partial charge in [0.05, 0.1) is 10.0 Å². The Morgan fingerprint density at radius 2 is 1.85 bits per heavy atom. The number of amidine groups is 1. The molecule has 20 heavy (non-hydrogen) atoms. The lowest BCUT2D eigenvalue weighted by Gasteiger charge is -2.11. The predicted molar refractivity (Wildman–Crippen MR) is 83.3 cm³/mol. The molecule has 0 aliphatic heterocycles. The van der Waals surface area contributed by atoms with Crippen molar-refractivity contribution in [2.24, 2.45) is 16.7 Å². The van der Waals surface area contributed by atoms with Crippen molar-refractivity contribution >= 4 is 45.9 Å². The normalized spacial score (nSPS) is 11.8. The molecule has 0 atom stereocenters. The van der Waals surface area contributed by atoms with Crippen LogP contribution in [0.5, 0.6) is 0 Å². The number of nitrogens with one attached hydrogen (secondary N) is 1. The summed E-state index contributed by atoms with van der Waals surface area (Å²) in [5.41, 5.74) is 7.08. The Hall–Kier alpha value is -1.79. The maximum absolute atomic E-state index is 6.13. The lowest BCUT2D eigenvalue weighted by Crippen LogP contribution is -2.21. The van der Waals surface area contributed by atoms with Crippen molar-refractivity contribution in [3.63, 3.8) is 0 Å². The third-order valence-corrected chi connectivity index (χ3v) is 3.26. The largest absolute Gasteiger partial charge is 0.380 e. The first-order valence-electron chi connectivity index (χ1n) is 6.01. The van der Waals surface area contributed by atoms with Crippen LogP contribution in [-0.4, -0.2) is 22.3 Å². The van der Waals surface area contributed by atoms with Crippen LogP contribution in [0.15, 0.2) is 17.2 Å². The zero-order chi connectivity index (χ0) is 14.7. The molecule has 0 aliphatic carbocycles. The molecule has 0 saturated carbocycles. The van der Waals surface area contributed by atoms with Gasteiger partial charge in [-0.15, -0.1) is 0 Å². The molecule has 0 radical (unpaired) electrons. The number of anilines is 1. The van der Waals surface area contributed by atoms with E-state index in [-0.39, 0.29) is 5.84 Å². The van der Waals surface area contributed by atoms with Gasteiger partial charge in [0.2, 0.25) is 0 Å². The molecule has 0 amide bonds. The molecule has 1 heterocycles. The number of nitrogens with two attached hydrogens (primary N) is 2. The van der Waals surface area contributed by atoms with E-state index in [2.05, 4.69) is 20.4 Å². The van der Waals surface area contributed by atoms with E-state index < -0.39 is 0 Å². The number of hydrogen-bond donors (Lipinski definition) is 3. The number of hydrogen-bond acceptors (Lipinski definition) is 5. The monoisotopic (exact) mass is 312 g/mol. The molecule has 1 aromatic carbocycles. The van der Waals surface area contributed by atoms with Gasteiger partial charge in [0, 0.05) is 6.54 Å². The van der Waals surface area contributed by atoms with Gasteiger partial charge in [-0.2, -0.15) is 5.10 Å². The SMILES string of the molecule is CCCNc1nc2c(Cl)ccc(Cl)c2nc1/C(N)=N/N. The molecule has 0 fully saturated rings. The molecule has 0 bridgehead atoms. The minimum atomic E-state index is 0.0778. The molecule has 8 heteroatoms. The van der Waals surface area contributed by atoms with Gasteiger partial charge in [-0.1, -0.05) is 30.1 Å². The molecule has 0 saturated heterocycles. The van der Waals surface area contributed by atoms with E-state index in [0.29, 0.717) is 39.1 Å². The number of nitrogens with zero attached hydrogens (tertiary/aromatic N) is 3. The highest BCUT2D eigenvalue weighted by Gasteiger charge is 2.15. The Labute approximate surface area is 126 Å². The second-order valence-electron chi connectivity index (χ2n) is 4.09. The Bertz CT molecular complexity index is 671. The van der Waals surface area contributed by atoms with Crippen molar-refractivity contribution in [3.05, 3.63) is 27.9 Å². The summed E-state index contributed by atoms with van der Waals surface area (Å²) < 4.78 is 0. The van der Waals surface area contributed by atoms with Crippen LogP contribution in [0.3, 0.4) is 0 Å². The third kappa shape index (κ3) is 2.71. The molecule has 2 aromatic rings. The molecule has 5 N–H and O–H groups in total. The number of hydrazone groups is 1. The predicted octanol–water partition coefficient (Wildman–Crippen LogP) is 2.34. The van der Waals surface area contributed by atoms with E-state index >= 15 is 0 Å². The zero-order valence-corrected chi connectivity index (χ0v) is 12.3. The van der Waals surface area contributed by atoms with Crippen molar-refractivity contribution < 1.29 is 0 Å². The number of halogens is 2. The van der Waals surface area contributed by atoms with Gasteiger partial charge >= 0.3 is 0 Å². The molecule has 106 valence electrons. The number of rotatable bonds is 4. The van der Waals surface area contributed by atoms with Crippen LogP contribution in [0.1, 0.15) is 19.0 Å². The highest BCUT2D eigenvalue weighted by molar-refractivity contribution is 6.39. The molecular formula is C12H14Cl2N6. The van der Waals surface area contributed by atoms with Crippen molar-refractivity contribution in [1.82, 2.24) is 9.97 Å². The average molecular weight is 313 g/mol. The smallest absolute Gasteiger partial charge is 0.172 e. The van der Waals surface area contributed by atoms with Crippen LogP contribution in [0.4, 0.5) is 5.82 Å². The lowest BCUT2D eigenvalue weighted by atomic mass is 10.2. The molecule has 1 aromatic heterocycles. The number of fused-ring (bicyclic) bond motifs is 1. The third-order valence-electron chi connectivity index (χ3n) is 2.65. The topological polar surface area (TPSA) is 102 Å². The summed E-state index contributed by atoms with van der Waals surface area (Å²) in [5, 5.41) is 7.49. The minimum absolute atomic E-state index is 0.0778. The van der Waals surface area contributed by atoms with Crippen molar-refractivity contribution in [3.8, 4) is 0 Å². The Morgan fingerprint density at radius 3 is 2.40 bits per heavy atom. The summed E-state index contributed by atoms with van der Waals surface area (Å²) >= 11 is 12.2. The summed E-state index contributed by atoms with van der Waals surface area (Å²) in [6.45, 7) is 2.74. The van der Waals surface area contributed by atoms with Gasteiger partial charge in [-0.05, 0) is 18.6 Å². The van der Waals surface area contributed by atoms with Crippen LogP contribution >= 0.6 is 23.2 Å². The van der Waals surface area contributed by atoms with Crippen LogP contribution in [0, 0.1) is 0 Å². The zero-order valence-electron chi connectivity index (χ0n) is 10.8. The number of aromatic nitrogens is 2. The average Bonchev–Trinajstić information content (AvgIpc) is 2.47. The van der Waals surface area contributed by atoms with Crippen molar-refractivity contribution in [1.29, 1.82) is 0 Å². The van der Waals surface area contributed by atoms with Gasteiger partial charge in [-0.3, -0.25) is 0 Å². The summed E-state index contributed by atoms with van der Waals surface area (Å²) in [5.74, 6) is 5.78. The standard InChI is InChI=1S/C12H14Cl2N6/c1-2-5-17-12-10(11(15)20-16)18-8-6(13)3-4-7(14)9(8)19-12/h3-4H,2,5,16H2,1H3,(H2,15,20)(H,17,19). The quantitative estimate of drug-likeness (QED) is 0.348. The second kappa shape index (κ2) is 6.11. The summed E-state index contributed by atoms with van der Waals surface area (Å²) in [6, 6.07) is 3.32. The van der Waals surface area contributed by atoms with E-state index in [1.165, 1.54) is 0 Å². The van der Waals surface area contributed by atoms with E-state index in [1.807, 2.05) is 6.92 Å². The number of benzene rings is 1. The molecule has 0 aliphatic rings. The highest BCUT2D eigenvalue weighted by atomic mass is 35.5. The Kier molecular flexibility index (Phi) is 4.46. The van der Waals surface area contributed by atoms with E-state index in [9.17, 15) is 0 Å². The lowest BCUT2D eigenvalue weighted by molar-refractivity contribution is 0.967. The second-order valence-corrected chi connectivity index (χ2v) is 4.90. The van der Waals surface area contributed by atoms with Gasteiger partial charge in [0.1, 0.15) is 16.7 Å². The van der Waals surface area contributed by atoms with Gasteiger partial charge in [0.25, 0.3) is 0 Å². The van der Waals surface area contributed by atoms with Gasteiger partial charge in [-0.25, -0.2) is 9.97 Å². The summed E-state index contributed by atoms with van der Waals surface area (Å²) in [6.07, 6.45) is 0.919. The Morgan fingerprint density at radius 1 is 1.25 bits per heavy atom. The molecule has 0 unspecified atom stereocenters. The van der Waals surface area contributed by atoms with E-state index in [1.54, 1.807) is 12.1 Å². The van der Waals surface area contributed by atoms with Crippen LogP contribution < -0.4 is 16.9 Å². The highest BCUT2D eigenvalue weighted by Crippen LogP contribution is 2.29. The van der Waals surface area contributed by atoms with Gasteiger partial charge < -0.3 is 16.9 Å². The fraction of sp³-hybridized carbons (Fsp3) is 0.250. The van der Waals surface area contributed by atoms with Gasteiger partial charge in [0.15, 0.2) is 11.7 Å².